The number of amides is 1. The number of ether oxygens (including phenoxy) is 2. The molecule has 1 amide bonds. The first-order valence-electron chi connectivity index (χ1n) is 9.15. The zero-order valence-electron chi connectivity index (χ0n) is 14.9. The maximum Gasteiger partial charge on any atom is 0.308 e. The minimum absolute atomic E-state index is 0.0867. The molecule has 0 bridgehead atoms. The van der Waals surface area contributed by atoms with E-state index in [1.54, 1.807) is 0 Å². The third kappa shape index (κ3) is 3.00. The fourth-order valence-electron chi connectivity index (χ4n) is 4.52. The monoisotopic (exact) mass is 360 g/mol. The van der Waals surface area contributed by atoms with E-state index in [2.05, 4.69) is 4.90 Å². The highest BCUT2D eigenvalue weighted by Gasteiger charge is 2.45. The van der Waals surface area contributed by atoms with Gasteiger partial charge in [-0.1, -0.05) is 6.07 Å². The average Bonchev–Trinajstić information content (AvgIpc) is 3.31. The molecular formula is C19H24N2O5. The van der Waals surface area contributed by atoms with Crippen LogP contribution >= 0.6 is 0 Å². The molecule has 26 heavy (non-hydrogen) atoms. The number of carboxylic acid groups (broad SMARTS) is 1. The molecule has 3 aliphatic heterocycles. The van der Waals surface area contributed by atoms with Crippen LogP contribution in [0.25, 0.3) is 0 Å². The van der Waals surface area contributed by atoms with Crippen LogP contribution in [0.4, 0.5) is 0 Å². The van der Waals surface area contributed by atoms with Crippen molar-refractivity contribution in [2.45, 2.75) is 31.2 Å². The second-order valence-electron chi connectivity index (χ2n) is 7.36. The van der Waals surface area contributed by atoms with Gasteiger partial charge < -0.3 is 24.4 Å². The molecular weight excluding hydrogens is 336 g/mol. The minimum atomic E-state index is -0.783. The van der Waals surface area contributed by atoms with Crippen LogP contribution in [0, 0.1) is 5.92 Å². The van der Waals surface area contributed by atoms with Crippen LogP contribution in [0.1, 0.15) is 30.7 Å². The molecule has 1 aromatic carbocycles. The van der Waals surface area contributed by atoms with Crippen molar-refractivity contribution < 1.29 is 24.2 Å². The van der Waals surface area contributed by atoms with Gasteiger partial charge in [0, 0.05) is 38.0 Å². The number of aliphatic carboxylic acids is 1. The molecule has 3 atom stereocenters. The molecule has 0 aromatic heterocycles. The number of carbonyl (C=O) groups excluding carboxylic acids is 1. The first kappa shape index (κ1) is 17.1. The van der Waals surface area contributed by atoms with Crippen LogP contribution in [0.5, 0.6) is 11.5 Å². The predicted octanol–water partition coefficient (Wildman–Crippen LogP) is 1.53. The third-order valence-electron chi connectivity index (χ3n) is 5.87. The SMILES string of the molecule is CN1CC(c2ccc3c(c2)OCO3)C(C(=O)O)C1CCN1CCCC1=O. The number of carboxylic acids is 1. The second kappa shape index (κ2) is 6.79. The second-order valence-corrected chi connectivity index (χ2v) is 7.36. The van der Waals surface area contributed by atoms with Crippen molar-refractivity contribution in [2.75, 3.05) is 33.5 Å². The van der Waals surface area contributed by atoms with Crippen molar-refractivity contribution in [3.8, 4) is 11.5 Å². The number of hydrogen-bond donors (Lipinski definition) is 1. The summed E-state index contributed by atoms with van der Waals surface area (Å²) in [6.45, 7) is 2.30. The van der Waals surface area contributed by atoms with E-state index in [0.717, 1.165) is 18.5 Å². The molecule has 0 aliphatic carbocycles. The maximum atomic E-state index is 12.1. The van der Waals surface area contributed by atoms with Gasteiger partial charge in [0.05, 0.1) is 5.92 Å². The number of hydrogen-bond acceptors (Lipinski definition) is 5. The Morgan fingerprint density at radius 2 is 2.12 bits per heavy atom. The molecule has 0 radical (unpaired) electrons. The standard InChI is InChI=1S/C19H24N2O5/c1-20-10-13(12-4-5-15-16(9-12)26-11-25-15)18(19(23)24)14(20)6-8-21-7-2-3-17(21)22/h4-5,9,13-14,18H,2-3,6-8,10-11H2,1H3,(H,23,24). The Labute approximate surface area is 152 Å². The lowest BCUT2D eigenvalue weighted by Gasteiger charge is -2.26. The largest absolute Gasteiger partial charge is 0.481 e. The highest BCUT2D eigenvalue weighted by Crippen LogP contribution is 2.42. The van der Waals surface area contributed by atoms with Gasteiger partial charge in [-0.25, -0.2) is 0 Å². The molecule has 3 heterocycles. The van der Waals surface area contributed by atoms with Crippen LogP contribution < -0.4 is 9.47 Å². The van der Waals surface area contributed by atoms with Crippen molar-refractivity contribution in [3.63, 3.8) is 0 Å². The fraction of sp³-hybridized carbons (Fsp3) is 0.579. The first-order valence-corrected chi connectivity index (χ1v) is 9.15. The maximum absolute atomic E-state index is 12.1. The van der Waals surface area contributed by atoms with Crippen molar-refractivity contribution >= 4 is 11.9 Å². The summed E-state index contributed by atoms with van der Waals surface area (Å²) in [7, 11) is 1.97. The van der Waals surface area contributed by atoms with Crippen LogP contribution in [-0.4, -0.2) is 66.3 Å². The summed E-state index contributed by atoms with van der Waals surface area (Å²) in [5.74, 6) is 0.181. The molecule has 7 nitrogen and oxygen atoms in total. The Balaban J connectivity index is 1.52. The molecule has 4 rings (SSSR count). The van der Waals surface area contributed by atoms with Gasteiger partial charge in [0.25, 0.3) is 0 Å². The number of benzene rings is 1. The number of rotatable bonds is 5. The summed E-state index contributed by atoms with van der Waals surface area (Å²) in [5.41, 5.74) is 0.966. The summed E-state index contributed by atoms with van der Waals surface area (Å²) in [6, 6.07) is 5.61. The number of likely N-dealkylation sites (tertiary alicyclic amines) is 2. The minimum Gasteiger partial charge on any atom is -0.481 e. The molecule has 0 spiro atoms. The topological polar surface area (TPSA) is 79.3 Å². The first-order chi connectivity index (χ1) is 12.5. The lowest BCUT2D eigenvalue weighted by molar-refractivity contribution is -0.143. The quantitative estimate of drug-likeness (QED) is 0.858. The summed E-state index contributed by atoms with van der Waals surface area (Å²) >= 11 is 0. The van der Waals surface area contributed by atoms with E-state index in [1.807, 2.05) is 30.1 Å². The van der Waals surface area contributed by atoms with Crippen molar-refractivity contribution in [3.05, 3.63) is 23.8 Å². The fourth-order valence-corrected chi connectivity index (χ4v) is 4.52. The van der Waals surface area contributed by atoms with E-state index in [-0.39, 0.29) is 24.7 Å². The van der Waals surface area contributed by atoms with Gasteiger partial charge in [-0.15, -0.1) is 0 Å². The van der Waals surface area contributed by atoms with Gasteiger partial charge in [-0.05, 0) is 37.6 Å². The Bertz CT molecular complexity index is 722. The molecule has 140 valence electrons. The van der Waals surface area contributed by atoms with E-state index in [1.165, 1.54) is 0 Å². The molecule has 2 fully saturated rings. The Kier molecular flexibility index (Phi) is 4.48. The number of likely N-dealkylation sites (N-methyl/N-ethyl adjacent to an activating group) is 1. The van der Waals surface area contributed by atoms with Crippen LogP contribution in [0.3, 0.4) is 0 Å². The van der Waals surface area contributed by atoms with Gasteiger partial charge in [0.2, 0.25) is 12.7 Å². The zero-order chi connectivity index (χ0) is 18.3. The normalized spacial score (nSPS) is 28.1. The van der Waals surface area contributed by atoms with Gasteiger partial charge in [0.15, 0.2) is 11.5 Å². The molecule has 1 N–H and O–H groups in total. The summed E-state index contributed by atoms with van der Waals surface area (Å²) in [4.78, 5) is 27.9. The summed E-state index contributed by atoms with van der Waals surface area (Å²) in [6.07, 6.45) is 2.20. The zero-order valence-corrected chi connectivity index (χ0v) is 14.9. The Morgan fingerprint density at radius 3 is 2.85 bits per heavy atom. The van der Waals surface area contributed by atoms with E-state index in [4.69, 9.17) is 9.47 Å². The molecule has 3 unspecified atom stereocenters. The highest BCUT2D eigenvalue weighted by molar-refractivity contribution is 5.78. The molecule has 2 saturated heterocycles. The van der Waals surface area contributed by atoms with E-state index in [9.17, 15) is 14.7 Å². The molecule has 0 saturated carbocycles. The average molecular weight is 360 g/mol. The van der Waals surface area contributed by atoms with Crippen LogP contribution in [0.2, 0.25) is 0 Å². The molecule has 3 aliphatic rings. The molecule has 1 aromatic rings. The lowest BCUT2D eigenvalue weighted by atomic mass is 9.84. The summed E-state index contributed by atoms with van der Waals surface area (Å²) in [5, 5.41) is 9.91. The van der Waals surface area contributed by atoms with Crippen molar-refractivity contribution in [1.29, 1.82) is 0 Å². The van der Waals surface area contributed by atoms with E-state index >= 15 is 0 Å². The smallest absolute Gasteiger partial charge is 0.308 e. The van der Waals surface area contributed by atoms with Crippen molar-refractivity contribution in [1.82, 2.24) is 9.80 Å². The van der Waals surface area contributed by atoms with Gasteiger partial charge >= 0.3 is 5.97 Å². The Hall–Kier alpha value is -2.28. The number of carbonyl (C=O) groups is 2. The summed E-state index contributed by atoms with van der Waals surface area (Å²) < 4.78 is 10.8. The van der Waals surface area contributed by atoms with E-state index in [0.29, 0.717) is 37.4 Å². The van der Waals surface area contributed by atoms with E-state index < -0.39 is 11.9 Å². The van der Waals surface area contributed by atoms with Crippen molar-refractivity contribution in [2.24, 2.45) is 5.92 Å². The third-order valence-corrected chi connectivity index (χ3v) is 5.87. The molecule has 7 heteroatoms. The van der Waals surface area contributed by atoms with Gasteiger partial charge in [-0.3, -0.25) is 9.59 Å². The van der Waals surface area contributed by atoms with Gasteiger partial charge in [0.1, 0.15) is 0 Å². The van der Waals surface area contributed by atoms with Crippen LogP contribution in [0.15, 0.2) is 18.2 Å². The van der Waals surface area contributed by atoms with Gasteiger partial charge in [-0.2, -0.15) is 0 Å². The lowest BCUT2D eigenvalue weighted by Crippen LogP contribution is -2.38. The number of nitrogens with zero attached hydrogens (tertiary/aromatic N) is 2. The predicted molar refractivity (Wildman–Crippen MR) is 93.3 cm³/mol. The van der Waals surface area contributed by atoms with Crippen LogP contribution in [-0.2, 0) is 9.59 Å². The number of fused-ring (bicyclic) bond motifs is 1. The highest BCUT2D eigenvalue weighted by atomic mass is 16.7. The Morgan fingerprint density at radius 1 is 1.31 bits per heavy atom.